The lowest BCUT2D eigenvalue weighted by molar-refractivity contribution is 0.893. The zero-order valence-corrected chi connectivity index (χ0v) is 10.3. The summed E-state index contributed by atoms with van der Waals surface area (Å²) in [6.45, 7) is 2.18. The average Bonchev–Trinajstić information content (AvgIpc) is 2.19. The Morgan fingerprint density at radius 3 is 2.53 bits per heavy atom. The Bertz CT molecular complexity index is 410. The number of hydrogen-bond acceptors (Lipinski definition) is 1. The van der Waals surface area contributed by atoms with E-state index in [-0.39, 0.29) is 24.8 Å². The highest BCUT2D eigenvalue weighted by molar-refractivity contribution is 5.85. The molecule has 0 atom stereocenters. The number of rotatable bonds is 2. The van der Waals surface area contributed by atoms with E-state index in [1.807, 2.05) is 6.20 Å². The summed E-state index contributed by atoms with van der Waals surface area (Å²) in [5, 5.41) is 2.59. The molecule has 0 fully saturated rings. The zero-order chi connectivity index (χ0) is 9.10. The smallest absolute Gasteiger partial charge is 0.0481 e. The molecule has 1 aromatic carbocycles. The Balaban J connectivity index is 0.000000980. The molecule has 0 amide bonds. The van der Waals surface area contributed by atoms with Gasteiger partial charge in [0, 0.05) is 17.3 Å². The summed E-state index contributed by atoms with van der Waals surface area (Å²) in [7, 11) is 0. The largest absolute Gasteiger partial charge is 0.261 e. The first kappa shape index (κ1) is 14.2. The number of fused-ring (bicyclic) bond motifs is 1. The number of aryl methyl sites for hydroxylation is 1. The normalized spacial score (nSPS) is 9.13. The second-order valence-electron chi connectivity index (χ2n) is 3.23. The quantitative estimate of drug-likeness (QED) is 0.777. The SMILES string of the molecule is CCCc1nccc2ccccc12.Cl.Cl. The minimum atomic E-state index is 0. The lowest BCUT2D eigenvalue weighted by Gasteiger charge is -2.02. The number of halogens is 2. The van der Waals surface area contributed by atoms with E-state index in [0.29, 0.717) is 0 Å². The van der Waals surface area contributed by atoms with Crippen LogP contribution in [0.5, 0.6) is 0 Å². The Kier molecular flexibility index (Phi) is 6.30. The second kappa shape index (κ2) is 6.65. The molecule has 0 spiro atoms. The lowest BCUT2D eigenvalue weighted by Crippen LogP contribution is -1.89. The van der Waals surface area contributed by atoms with Gasteiger partial charge in [-0.1, -0.05) is 37.6 Å². The van der Waals surface area contributed by atoms with Gasteiger partial charge in [0.1, 0.15) is 0 Å². The summed E-state index contributed by atoms with van der Waals surface area (Å²) < 4.78 is 0. The van der Waals surface area contributed by atoms with Crippen molar-refractivity contribution in [1.29, 1.82) is 0 Å². The summed E-state index contributed by atoms with van der Waals surface area (Å²) in [6, 6.07) is 10.5. The van der Waals surface area contributed by atoms with Gasteiger partial charge >= 0.3 is 0 Å². The number of aromatic nitrogens is 1. The molecular formula is C12H15Cl2N. The third-order valence-corrected chi connectivity index (χ3v) is 2.24. The van der Waals surface area contributed by atoms with Crippen molar-refractivity contribution in [3.8, 4) is 0 Å². The molecule has 0 aliphatic carbocycles. The van der Waals surface area contributed by atoms with Crippen molar-refractivity contribution in [2.75, 3.05) is 0 Å². The van der Waals surface area contributed by atoms with Crippen molar-refractivity contribution in [1.82, 2.24) is 4.98 Å². The fourth-order valence-corrected chi connectivity index (χ4v) is 1.62. The molecule has 1 heterocycles. The van der Waals surface area contributed by atoms with E-state index in [1.165, 1.54) is 16.5 Å². The van der Waals surface area contributed by atoms with Gasteiger partial charge in [-0.25, -0.2) is 0 Å². The van der Waals surface area contributed by atoms with Crippen molar-refractivity contribution in [3.05, 3.63) is 42.2 Å². The Morgan fingerprint density at radius 2 is 1.80 bits per heavy atom. The van der Waals surface area contributed by atoms with Crippen molar-refractivity contribution in [3.63, 3.8) is 0 Å². The van der Waals surface area contributed by atoms with Gasteiger partial charge in [-0.05, 0) is 17.9 Å². The van der Waals surface area contributed by atoms with Gasteiger partial charge in [0.2, 0.25) is 0 Å². The lowest BCUT2D eigenvalue weighted by atomic mass is 10.1. The van der Waals surface area contributed by atoms with E-state index in [2.05, 4.69) is 42.2 Å². The van der Waals surface area contributed by atoms with Crippen molar-refractivity contribution >= 4 is 35.6 Å². The zero-order valence-electron chi connectivity index (χ0n) is 8.64. The molecule has 15 heavy (non-hydrogen) atoms. The third kappa shape index (κ3) is 3.08. The van der Waals surface area contributed by atoms with Crippen molar-refractivity contribution in [2.45, 2.75) is 19.8 Å². The maximum Gasteiger partial charge on any atom is 0.0481 e. The Hall–Kier alpha value is -0.790. The number of benzene rings is 1. The molecule has 0 unspecified atom stereocenters. The van der Waals surface area contributed by atoms with Crippen LogP contribution in [-0.2, 0) is 6.42 Å². The molecule has 2 aromatic rings. The van der Waals surface area contributed by atoms with Crippen LogP contribution in [0, 0.1) is 0 Å². The van der Waals surface area contributed by atoms with Crippen LogP contribution in [0.15, 0.2) is 36.5 Å². The van der Waals surface area contributed by atoms with Gasteiger partial charge in [0.05, 0.1) is 0 Å². The van der Waals surface area contributed by atoms with Crippen LogP contribution in [0.25, 0.3) is 10.8 Å². The van der Waals surface area contributed by atoms with Gasteiger partial charge in [0.15, 0.2) is 0 Å². The number of nitrogens with zero attached hydrogens (tertiary/aromatic N) is 1. The van der Waals surface area contributed by atoms with Crippen LogP contribution in [0.1, 0.15) is 19.0 Å². The third-order valence-electron chi connectivity index (χ3n) is 2.24. The molecule has 0 bridgehead atoms. The number of pyridine rings is 1. The van der Waals surface area contributed by atoms with Crippen molar-refractivity contribution < 1.29 is 0 Å². The van der Waals surface area contributed by atoms with E-state index in [9.17, 15) is 0 Å². The van der Waals surface area contributed by atoms with Crippen LogP contribution < -0.4 is 0 Å². The first-order valence-corrected chi connectivity index (χ1v) is 4.74. The Labute approximate surface area is 103 Å². The molecule has 2 rings (SSSR count). The number of hydrogen-bond donors (Lipinski definition) is 0. The minimum absolute atomic E-state index is 0. The first-order valence-electron chi connectivity index (χ1n) is 4.74. The van der Waals surface area contributed by atoms with Crippen LogP contribution in [0.3, 0.4) is 0 Å². The monoisotopic (exact) mass is 243 g/mol. The Morgan fingerprint density at radius 1 is 1.07 bits per heavy atom. The van der Waals surface area contributed by atoms with Gasteiger partial charge < -0.3 is 0 Å². The van der Waals surface area contributed by atoms with E-state index >= 15 is 0 Å². The highest BCUT2D eigenvalue weighted by Crippen LogP contribution is 2.16. The molecule has 0 aliphatic heterocycles. The van der Waals surface area contributed by atoms with E-state index in [0.717, 1.165) is 12.8 Å². The molecule has 1 nitrogen and oxygen atoms in total. The first-order chi connectivity index (χ1) is 6.42. The summed E-state index contributed by atoms with van der Waals surface area (Å²) >= 11 is 0. The summed E-state index contributed by atoms with van der Waals surface area (Å²) in [6.07, 6.45) is 4.12. The maximum absolute atomic E-state index is 4.40. The van der Waals surface area contributed by atoms with Crippen LogP contribution >= 0.6 is 24.8 Å². The molecule has 0 radical (unpaired) electrons. The minimum Gasteiger partial charge on any atom is -0.261 e. The highest BCUT2D eigenvalue weighted by atomic mass is 35.5. The fourth-order valence-electron chi connectivity index (χ4n) is 1.62. The van der Waals surface area contributed by atoms with Gasteiger partial charge in [-0.3, -0.25) is 4.98 Å². The van der Waals surface area contributed by atoms with E-state index in [1.54, 1.807) is 0 Å². The topological polar surface area (TPSA) is 12.9 Å². The molecule has 1 aromatic heterocycles. The van der Waals surface area contributed by atoms with Crippen LogP contribution in [0.4, 0.5) is 0 Å². The van der Waals surface area contributed by atoms with Crippen LogP contribution in [-0.4, -0.2) is 4.98 Å². The predicted octanol–water partition coefficient (Wildman–Crippen LogP) is 4.03. The summed E-state index contributed by atoms with van der Waals surface area (Å²) in [5.41, 5.74) is 1.22. The fraction of sp³-hybridized carbons (Fsp3) is 0.250. The molecule has 0 aliphatic rings. The molecule has 82 valence electrons. The summed E-state index contributed by atoms with van der Waals surface area (Å²) in [4.78, 5) is 4.40. The predicted molar refractivity (Wildman–Crippen MR) is 70.2 cm³/mol. The van der Waals surface area contributed by atoms with Gasteiger partial charge in [0.25, 0.3) is 0 Å². The summed E-state index contributed by atoms with van der Waals surface area (Å²) in [5.74, 6) is 0. The molecule has 0 saturated heterocycles. The maximum atomic E-state index is 4.40. The molecule has 3 heteroatoms. The average molecular weight is 244 g/mol. The van der Waals surface area contributed by atoms with E-state index in [4.69, 9.17) is 0 Å². The molecular weight excluding hydrogens is 229 g/mol. The molecule has 0 N–H and O–H groups in total. The molecule has 0 saturated carbocycles. The standard InChI is InChI=1S/C12H13N.2ClH/c1-2-5-12-11-7-4-3-6-10(11)8-9-13-12;;/h3-4,6-9H,2,5H2,1H3;2*1H. The second-order valence-corrected chi connectivity index (χ2v) is 3.23. The van der Waals surface area contributed by atoms with Crippen LogP contribution in [0.2, 0.25) is 0 Å². The van der Waals surface area contributed by atoms with E-state index < -0.39 is 0 Å². The highest BCUT2D eigenvalue weighted by Gasteiger charge is 1.98. The van der Waals surface area contributed by atoms with Gasteiger partial charge in [-0.15, -0.1) is 24.8 Å². The van der Waals surface area contributed by atoms with Crippen molar-refractivity contribution in [2.24, 2.45) is 0 Å². The van der Waals surface area contributed by atoms with Gasteiger partial charge in [-0.2, -0.15) is 0 Å².